The zero-order valence-corrected chi connectivity index (χ0v) is 17.0. The first-order chi connectivity index (χ1) is 14.1. The molecular formula is C21H30N4O4. The van der Waals surface area contributed by atoms with Crippen LogP contribution in [0.3, 0.4) is 0 Å². The molecule has 0 bridgehead atoms. The first kappa shape index (κ1) is 20.3. The lowest BCUT2D eigenvalue weighted by atomic mass is 9.93. The molecule has 8 heteroatoms. The number of hydrogen-bond acceptors (Lipinski definition) is 7. The minimum atomic E-state index is -0.615. The molecule has 158 valence electrons. The van der Waals surface area contributed by atoms with Crippen molar-refractivity contribution in [2.75, 3.05) is 64.6 Å². The Balaban J connectivity index is 1.41. The second-order valence-corrected chi connectivity index (χ2v) is 8.04. The van der Waals surface area contributed by atoms with Crippen LogP contribution in [0.1, 0.15) is 12.8 Å². The van der Waals surface area contributed by atoms with Crippen molar-refractivity contribution in [3.05, 3.63) is 34.9 Å². The molecule has 1 aromatic carbocycles. The van der Waals surface area contributed by atoms with Gasteiger partial charge in [0.15, 0.2) is 0 Å². The van der Waals surface area contributed by atoms with Crippen LogP contribution < -0.4 is 10.5 Å². The average molecular weight is 402 g/mol. The largest absolute Gasteiger partial charge is 0.388 e. The topological polar surface area (TPSA) is 80.1 Å². The number of piperazine rings is 1. The lowest BCUT2D eigenvalue weighted by Gasteiger charge is -2.41. The van der Waals surface area contributed by atoms with Crippen LogP contribution in [0, 0.1) is 0 Å². The summed E-state index contributed by atoms with van der Waals surface area (Å²) in [7, 11) is 1.62. The molecule has 0 spiro atoms. The highest BCUT2D eigenvalue weighted by Gasteiger charge is 2.33. The number of anilines is 1. The Bertz CT molecular complexity index is 886. The van der Waals surface area contributed by atoms with E-state index in [4.69, 9.17) is 9.47 Å². The molecule has 0 unspecified atom stereocenters. The van der Waals surface area contributed by atoms with Crippen LogP contribution in [0.2, 0.25) is 0 Å². The van der Waals surface area contributed by atoms with E-state index >= 15 is 0 Å². The average Bonchev–Trinajstić information content (AvgIpc) is 2.74. The molecule has 0 atom stereocenters. The molecule has 0 radical (unpaired) electrons. The molecule has 4 rings (SSSR count). The van der Waals surface area contributed by atoms with Gasteiger partial charge in [-0.3, -0.25) is 14.3 Å². The van der Waals surface area contributed by atoms with Gasteiger partial charge in [0.2, 0.25) is 0 Å². The third-order valence-corrected chi connectivity index (χ3v) is 6.02. The van der Waals surface area contributed by atoms with Gasteiger partial charge in [0.05, 0.1) is 36.0 Å². The Hall–Kier alpha value is -2.00. The Morgan fingerprint density at radius 3 is 2.69 bits per heavy atom. The van der Waals surface area contributed by atoms with Crippen molar-refractivity contribution < 1.29 is 14.6 Å². The van der Waals surface area contributed by atoms with Crippen molar-refractivity contribution in [1.29, 1.82) is 0 Å². The lowest BCUT2D eigenvalue weighted by molar-refractivity contribution is -0.0802. The fraction of sp³-hybridized carbons (Fsp3) is 0.619. The van der Waals surface area contributed by atoms with Gasteiger partial charge in [-0.2, -0.15) is 0 Å². The van der Waals surface area contributed by atoms with Crippen molar-refractivity contribution in [2.24, 2.45) is 0 Å². The Morgan fingerprint density at radius 1 is 1.21 bits per heavy atom. The molecule has 3 heterocycles. The van der Waals surface area contributed by atoms with Crippen molar-refractivity contribution in [1.82, 2.24) is 14.5 Å². The third-order valence-electron chi connectivity index (χ3n) is 6.02. The van der Waals surface area contributed by atoms with E-state index in [1.807, 2.05) is 18.2 Å². The van der Waals surface area contributed by atoms with E-state index in [1.54, 1.807) is 18.0 Å². The van der Waals surface area contributed by atoms with Crippen LogP contribution in [0.25, 0.3) is 10.9 Å². The van der Waals surface area contributed by atoms with Gasteiger partial charge in [-0.05, 0) is 18.2 Å². The highest BCUT2D eigenvalue weighted by atomic mass is 16.5. The standard InChI is InChI=1S/C21H30N4O4/c1-28-13-10-25-16-22-19-14-17(2-3-18(19)20(25)26)24-8-6-23(7-9-24)15-21(27)4-11-29-12-5-21/h2-3,14,16,27H,4-13,15H2,1H3. The summed E-state index contributed by atoms with van der Waals surface area (Å²) in [5.41, 5.74) is 1.16. The van der Waals surface area contributed by atoms with E-state index in [0.717, 1.165) is 37.4 Å². The number of fused-ring (bicyclic) bond motifs is 1. The van der Waals surface area contributed by atoms with Crippen LogP contribution in [-0.2, 0) is 16.0 Å². The second kappa shape index (κ2) is 8.79. The van der Waals surface area contributed by atoms with E-state index in [-0.39, 0.29) is 5.56 Å². The summed E-state index contributed by atoms with van der Waals surface area (Å²) in [6, 6.07) is 5.88. The minimum absolute atomic E-state index is 0.0341. The van der Waals surface area contributed by atoms with Gasteiger partial charge >= 0.3 is 0 Å². The lowest BCUT2D eigenvalue weighted by Crippen LogP contribution is -2.53. The van der Waals surface area contributed by atoms with E-state index in [2.05, 4.69) is 14.8 Å². The zero-order chi connectivity index (χ0) is 20.3. The summed E-state index contributed by atoms with van der Waals surface area (Å²) in [5, 5.41) is 11.4. The molecule has 1 N–H and O–H groups in total. The van der Waals surface area contributed by atoms with E-state index in [1.165, 1.54) is 0 Å². The van der Waals surface area contributed by atoms with Gasteiger partial charge in [0.1, 0.15) is 0 Å². The normalized spacial score (nSPS) is 20.3. The number of rotatable bonds is 6. The van der Waals surface area contributed by atoms with Gasteiger partial charge in [-0.1, -0.05) is 0 Å². The second-order valence-electron chi connectivity index (χ2n) is 8.04. The fourth-order valence-electron chi connectivity index (χ4n) is 4.18. The predicted molar refractivity (Wildman–Crippen MR) is 112 cm³/mol. The summed E-state index contributed by atoms with van der Waals surface area (Å²) in [5.74, 6) is 0. The molecule has 8 nitrogen and oxygen atoms in total. The van der Waals surface area contributed by atoms with Crippen LogP contribution in [0.15, 0.2) is 29.3 Å². The third kappa shape index (κ3) is 4.61. The Morgan fingerprint density at radius 2 is 1.97 bits per heavy atom. The van der Waals surface area contributed by atoms with Crippen LogP contribution in [0.4, 0.5) is 5.69 Å². The maximum atomic E-state index is 12.6. The number of methoxy groups -OCH3 is 1. The number of hydrogen-bond donors (Lipinski definition) is 1. The highest BCUT2D eigenvalue weighted by Crippen LogP contribution is 2.24. The molecule has 1 aromatic heterocycles. The van der Waals surface area contributed by atoms with E-state index < -0.39 is 5.60 Å². The number of β-amino-alcohol motifs (C(OH)–C–C–N with tert-alkyl or cyclic N) is 1. The summed E-state index contributed by atoms with van der Waals surface area (Å²) >= 11 is 0. The summed E-state index contributed by atoms with van der Waals surface area (Å²) in [6.45, 7) is 6.59. The number of aliphatic hydroxyl groups is 1. The van der Waals surface area contributed by atoms with E-state index in [0.29, 0.717) is 51.1 Å². The van der Waals surface area contributed by atoms with Gasteiger partial charge in [-0.25, -0.2) is 4.98 Å². The number of benzene rings is 1. The molecular weight excluding hydrogens is 372 g/mol. The van der Waals surface area contributed by atoms with Crippen LogP contribution >= 0.6 is 0 Å². The van der Waals surface area contributed by atoms with Gasteiger partial charge in [0.25, 0.3) is 5.56 Å². The molecule has 2 saturated heterocycles. The molecule has 2 aromatic rings. The van der Waals surface area contributed by atoms with Gasteiger partial charge in [0, 0.05) is 71.6 Å². The first-order valence-electron chi connectivity index (χ1n) is 10.3. The SMILES string of the molecule is COCCn1cnc2cc(N3CCN(CC4(O)CCOCC4)CC3)ccc2c1=O. The fourth-order valence-corrected chi connectivity index (χ4v) is 4.18. The molecule has 2 aliphatic heterocycles. The van der Waals surface area contributed by atoms with Crippen molar-refractivity contribution >= 4 is 16.6 Å². The molecule has 0 amide bonds. The molecule has 2 aliphatic rings. The van der Waals surface area contributed by atoms with Gasteiger partial charge in [-0.15, -0.1) is 0 Å². The molecule has 2 fully saturated rings. The minimum Gasteiger partial charge on any atom is -0.388 e. The smallest absolute Gasteiger partial charge is 0.261 e. The quantitative estimate of drug-likeness (QED) is 0.762. The molecule has 29 heavy (non-hydrogen) atoms. The van der Waals surface area contributed by atoms with Gasteiger partial charge < -0.3 is 19.5 Å². The van der Waals surface area contributed by atoms with Crippen LogP contribution in [0.5, 0.6) is 0 Å². The number of aromatic nitrogens is 2. The summed E-state index contributed by atoms with van der Waals surface area (Å²) < 4.78 is 12.0. The van der Waals surface area contributed by atoms with E-state index in [9.17, 15) is 9.90 Å². The molecule has 0 aliphatic carbocycles. The Kier molecular flexibility index (Phi) is 6.15. The monoisotopic (exact) mass is 402 g/mol. The van der Waals surface area contributed by atoms with Crippen molar-refractivity contribution in [2.45, 2.75) is 25.0 Å². The summed E-state index contributed by atoms with van der Waals surface area (Å²) in [4.78, 5) is 21.7. The number of ether oxygens (including phenoxy) is 2. The summed E-state index contributed by atoms with van der Waals surface area (Å²) in [6.07, 6.45) is 3.02. The first-order valence-corrected chi connectivity index (χ1v) is 10.3. The highest BCUT2D eigenvalue weighted by molar-refractivity contribution is 5.81. The van der Waals surface area contributed by atoms with Crippen LogP contribution in [-0.4, -0.2) is 84.8 Å². The Labute approximate surface area is 170 Å². The maximum Gasteiger partial charge on any atom is 0.261 e. The zero-order valence-electron chi connectivity index (χ0n) is 17.0. The van der Waals surface area contributed by atoms with Crippen molar-refractivity contribution in [3.8, 4) is 0 Å². The number of nitrogens with zero attached hydrogens (tertiary/aromatic N) is 4. The predicted octanol–water partition coefficient (Wildman–Crippen LogP) is 0.706. The van der Waals surface area contributed by atoms with Crippen molar-refractivity contribution in [3.63, 3.8) is 0 Å². The molecule has 0 saturated carbocycles. The maximum absolute atomic E-state index is 12.6.